The van der Waals surface area contributed by atoms with Crippen molar-refractivity contribution in [1.29, 1.82) is 0 Å². The zero-order valence-electron chi connectivity index (χ0n) is 13.0. The standard InChI is InChI=1S/C17H25N3O2/c21-17(12-14-2-1-7-18-13-14)19-15-3-8-20(9-4-15)16-5-10-22-11-6-16/h1-2,7,13,15-16H,3-6,8-12H2,(H,19,21). The number of aromatic nitrogens is 1. The summed E-state index contributed by atoms with van der Waals surface area (Å²) in [5.74, 6) is 0.109. The van der Waals surface area contributed by atoms with Crippen molar-refractivity contribution in [2.45, 2.75) is 44.2 Å². The lowest BCUT2D eigenvalue weighted by atomic mass is 9.99. The lowest BCUT2D eigenvalue weighted by Gasteiger charge is -2.39. The van der Waals surface area contributed by atoms with Gasteiger partial charge < -0.3 is 15.0 Å². The first kappa shape index (κ1) is 15.4. The Balaban J connectivity index is 1.40. The van der Waals surface area contributed by atoms with Gasteiger partial charge in [0.2, 0.25) is 5.91 Å². The maximum absolute atomic E-state index is 12.1. The smallest absolute Gasteiger partial charge is 0.224 e. The number of carbonyl (C=O) groups excluding carboxylic acids is 1. The van der Waals surface area contributed by atoms with Crippen molar-refractivity contribution in [3.63, 3.8) is 0 Å². The first-order valence-electron chi connectivity index (χ1n) is 8.31. The number of amides is 1. The maximum atomic E-state index is 12.1. The minimum atomic E-state index is 0.109. The molecule has 0 atom stereocenters. The van der Waals surface area contributed by atoms with E-state index in [0.29, 0.717) is 18.5 Å². The number of piperidine rings is 1. The highest BCUT2D eigenvalue weighted by molar-refractivity contribution is 5.78. The van der Waals surface area contributed by atoms with Gasteiger partial charge in [-0.25, -0.2) is 0 Å². The summed E-state index contributed by atoms with van der Waals surface area (Å²) >= 11 is 0. The fourth-order valence-electron chi connectivity index (χ4n) is 3.43. The first-order valence-corrected chi connectivity index (χ1v) is 8.31. The molecule has 1 aromatic rings. The second-order valence-corrected chi connectivity index (χ2v) is 6.26. The van der Waals surface area contributed by atoms with Crippen LogP contribution >= 0.6 is 0 Å². The van der Waals surface area contributed by atoms with Gasteiger partial charge >= 0.3 is 0 Å². The molecule has 1 N–H and O–H groups in total. The van der Waals surface area contributed by atoms with Gasteiger partial charge in [0.05, 0.1) is 6.42 Å². The number of hydrogen-bond donors (Lipinski definition) is 1. The van der Waals surface area contributed by atoms with Gasteiger partial charge in [-0.3, -0.25) is 9.78 Å². The van der Waals surface area contributed by atoms with Crippen LogP contribution in [0.1, 0.15) is 31.2 Å². The van der Waals surface area contributed by atoms with E-state index in [1.165, 1.54) is 0 Å². The van der Waals surface area contributed by atoms with Crippen LogP contribution in [0.15, 0.2) is 24.5 Å². The van der Waals surface area contributed by atoms with E-state index >= 15 is 0 Å². The normalized spacial score (nSPS) is 21.6. The molecular weight excluding hydrogens is 278 g/mol. The fraction of sp³-hybridized carbons (Fsp3) is 0.647. The van der Waals surface area contributed by atoms with Crippen LogP contribution in [0.25, 0.3) is 0 Å². The largest absolute Gasteiger partial charge is 0.381 e. The molecule has 0 bridgehead atoms. The van der Waals surface area contributed by atoms with Crippen LogP contribution in [0.3, 0.4) is 0 Å². The molecule has 0 unspecified atom stereocenters. The van der Waals surface area contributed by atoms with E-state index in [1.54, 1.807) is 12.4 Å². The van der Waals surface area contributed by atoms with Gasteiger partial charge in [0.1, 0.15) is 0 Å². The molecule has 2 aliphatic rings. The molecule has 120 valence electrons. The summed E-state index contributed by atoms with van der Waals surface area (Å²) in [5, 5.41) is 3.17. The summed E-state index contributed by atoms with van der Waals surface area (Å²) in [5.41, 5.74) is 0.972. The van der Waals surface area contributed by atoms with E-state index in [4.69, 9.17) is 4.74 Å². The van der Waals surface area contributed by atoms with Crippen molar-refractivity contribution in [3.05, 3.63) is 30.1 Å². The zero-order valence-corrected chi connectivity index (χ0v) is 13.0. The van der Waals surface area contributed by atoms with Gasteiger partial charge in [0.15, 0.2) is 0 Å². The molecule has 5 nitrogen and oxygen atoms in total. The van der Waals surface area contributed by atoms with Crippen LogP contribution in [-0.2, 0) is 16.0 Å². The quantitative estimate of drug-likeness (QED) is 0.913. The second-order valence-electron chi connectivity index (χ2n) is 6.26. The number of likely N-dealkylation sites (tertiary alicyclic amines) is 1. The van der Waals surface area contributed by atoms with Gasteiger partial charge in [0, 0.05) is 50.8 Å². The third-order valence-corrected chi connectivity index (χ3v) is 4.69. The number of hydrogen-bond acceptors (Lipinski definition) is 4. The number of rotatable bonds is 4. The van der Waals surface area contributed by atoms with E-state index in [0.717, 1.165) is 57.6 Å². The lowest BCUT2D eigenvalue weighted by Crippen LogP contribution is -2.49. The van der Waals surface area contributed by atoms with Crippen LogP contribution in [0, 0.1) is 0 Å². The lowest BCUT2D eigenvalue weighted by molar-refractivity contribution is -0.121. The zero-order chi connectivity index (χ0) is 15.2. The van der Waals surface area contributed by atoms with Gasteiger partial charge in [-0.2, -0.15) is 0 Å². The summed E-state index contributed by atoms with van der Waals surface area (Å²) in [7, 11) is 0. The molecule has 0 radical (unpaired) electrons. The Morgan fingerprint density at radius 2 is 2.05 bits per heavy atom. The molecule has 0 aliphatic carbocycles. The van der Waals surface area contributed by atoms with E-state index in [9.17, 15) is 4.79 Å². The summed E-state index contributed by atoms with van der Waals surface area (Å²) in [6.07, 6.45) is 8.32. The van der Waals surface area contributed by atoms with Crippen LogP contribution in [0.4, 0.5) is 0 Å². The number of carbonyl (C=O) groups is 1. The number of nitrogens with zero attached hydrogens (tertiary/aromatic N) is 2. The van der Waals surface area contributed by atoms with Crippen molar-refractivity contribution in [2.75, 3.05) is 26.3 Å². The molecule has 22 heavy (non-hydrogen) atoms. The Morgan fingerprint density at radius 1 is 1.27 bits per heavy atom. The predicted molar refractivity (Wildman–Crippen MR) is 84.5 cm³/mol. The molecule has 3 heterocycles. The monoisotopic (exact) mass is 303 g/mol. The van der Waals surface area contributed by atoms with Crippen LogP contribution in [0.5, 0.6) is 0 Å². The van der Waals surface area contributed by atoms with Crippen molar-refractivity contribution >= 4 is 5.91 Å². The molecule has 0 spiro atoms. The SMILES string of the molecule is O=C(Cc1cccnc1)NC1CCN(C2CCOCC2)CC1. The Bertz CT molecular complexity index is 466. The minimum Gasteiger partial charge on any atom is -0.381 e. The van der Waals surface area contributed by atoms with Gasteiger partial charge in [-0.1, -0.05) is 6.07 Å². The fourth-order valence-corrected chi connectivity index (χ4v) is 3.43. The predicted octanol–water partition coefficient (Wildman–Crippen LogP) is 1.38. The van der Waals surface area contributed by atoms with Crippen molar-refractivity contribution in [2.24, 2.45) is 0 Å². The minimum absolute atomic E-state index is 0.109. The van der Waals surface area contributed by atoms with E-state index in [1.807, 2.05) is 12.1 Å². The van der Waals surface area contributed by atoms with Crippen molar-refractivity contribution < 1.29 is 9.53 Å². The summed E-state index contributed by atoms with van der Waals surface area (Å²) in [6.45, 7) is 3.96. The molecule has 0 aromatic carbocycles. The van der Waals surface area contributed by atoms with Gasteiger partial charge in [-0.15, -0.1) is 0 Å². The van der Waals surface area contributed by atoms with Crippen molar-refractivity contribution in [3.8, 4) is 0 Å². The molecule has 1 aromatic heterocycles. The van der Waals surface area contributed by atoms with E-state index < -0.39 is 0 Å². The molecule has 1 amide bonds. The summed E-state index contributed by atoms with van der Waals surface area (Å²) < 4.78 is 5.43. The molecule has 0 saturated carbocycles. The third-order valence-electron chi connectivity index (χ3n) is 4.69. The van der Waals surface area contributed by atoms with Gasteiger partial charge in [0.25, 0.3) is 0 Å². The molecule has 2 aliphatic heterocycles. The number of nitrogens with one attached hydrogen (secondary N) is 1. The molecule has 2 saturated heterocycles. The number of pyridine rings is 1. The molecule has 2 fully saturated rings. The Hall–Kier alpha value is -1.46. The Kier molecular flexibility index (Phi) is 5.40. The highest BCUT2D eigenvalue weighted by Gasteiger charge is 2.26. The van der Waals surface area contributed by atoms with Crippen LogP contribution < -0.4 is 5.32 Å². The summed E-state index contributed by atoms with van der Waals surface area (Å²) in [6, 6.07) is 4.82. The van der Waals surface area contributed by atoms with E-state index in [-0.39, 0.29) is 5.91 Å². The Morgan fingerprint density at radius 3 is 2.73 bits per heavy atom. The number of ether oxygens (including phenoxy) is 1. The molecule has 3 rings (SSSR count). The first-order chi connectivity index (χ1) is 10.8. The maximum Gasteiger partial charge on any atom is 0.224 e. The average Bonchev–Trinajstić information content (AvgIpc) is 2.57. The molecular formula is C17H25N3O2. The topological polar surface area (TPSA) is 54.5 Å². The molecule has 5 heteroatoms. The second kappa shape index (κ2) is 7.70. The van der Waals surface area contributed by atoms with Crippen molar-refractivity contribution in [1.82, 2.24) is 15.2 Å². The highest BCUT2D eigenvalue weighted by atomic mass is 16.5. The van der Waals surface area contributed by atoms with Crippen LogP contribution in [0.2, 0.25) is 0 Å². The third kappa shape index (κ3) is 4.27. The average molecular weight is 303 g/mol. The summed E-state index contributed by atoms with van der Waals surface area (Å²) in [4.78, 5) is 18.7. The highest BCUT2D eigenvalue weighted by Crippen LogP contribution is 2.20. The van der Waals surface area contributed by atoms with Crippen LogP contribution in [-0.4, -0.2) is 54.2 Å². The van der Waals surface area contributed by atoms with Gasteiger partial charge in [-0.05, 0) is 37.3 Å². The Labute approximate surface area is 132 Å². The van der Waals surface area contributed by atoms with E-state index in [2.05, 4.69) is 15.2 Å².